The number of nitrogens with zero attached hydrogens (tertiary/aromatic N) is 1. The van der Waals surface area contributed by atoms with Crippen LogP contribution in [0.15, 0.2) is 18.5 Å². The summed E-state index contributed by atoms with van der Waals surface area (Å²) in [6.45, 7) is 6.33. The Morgan fingerprint density at radius 3 is 2.76 bits per heavy atom. The predicted molar refractivity (Wildman–Crippen MR) is 69.0 cm³/mol. The molecule has 1 heterocycles. The van der Waals surface area contributed by atoms with Crippen LogP contribution in [0.4, 0.5) is 0 Å². The maximum absolute atomic E-state index is 12.1. The van der Waals surface area contributed by atoms with Crippen molar-refractivity contribution in [1.29, 1.82) is 0 Å². The van der Waals surface area contributed by atoms with Crippen molar-refractivity contribution in [2.45, 2.75) is 26.3 Å². The van der Waals surface area contributed by atoms with Gasteiger partial charge < -0.3 is 11.1 Å². The summed E-state index contributed by atoms with van der Waals surface area (Å²) in [4.78, 5) is 15.9. The van der Waals surface area contributed by atoms with E-state index in [4.69, 9.17) is 17.3 Å². The molecule has 4 nitrogen and oxygen atoms in total. The van der Waals surface area contributed by atoms with E-state index < -0.39 is 5.54 Å². The third-order valence-electron chi connectivity index (χ3n) is 3.11. The van der Waals surface area contributed by atoms with E-state index >= 15 is 0 Å². The summed E-state index contributed by atoms with van der Waals surface area (Å²) in [5.41, 5.74) is 5.69. The number of carbonyl (C=O) groups is 1. The summed E-state index contributed by atoms with van der Waals surface area (Å²) in [7, 11) is 0. The lowest BCUT2D eigenvalue weighted by molar-refractivity contribution is 0.0883. The quantitative estimate of drug-likeness (QED) is 0.863. The summed E-state index contributed by atoms with van der Waals surface area (Å²) in [6.07, 6.45) is 2.99. The Morgan fingerprint density at radius 1 is 1.65 bits per heavy atom. The predicted octanol–water partition coefficient (Wildman–Crippen LogP) is 1.84. The van der Waals surface area contributed by atoms with E-state index in [0.29, 0.717) is 17.1 Å². The number of pyridine rings is 1. The van der Waals surface area contributed by atoms with Gasteiger partial charge in [0.25, 0.3) is 5.91 Å². The van der Waals surface area contributed by atoms with Crippen LogP contribution in [0.1, 0.15) is 31.1 Å². The van der Waals surface area contributed by atoms with Crippen molar-refractivity contribution in [3.63, 3.8) is 0 Å². The molecule has 1 rings (SSSR count). The Labute approximate surface area is 107 Å². The van der Waals surface area contributed by atoms with E-state index in [0.717, 1.165) is 0 Å². The zero-order valence-electron chi connectivity index (χ0n) is 10.3. The van der Waals surface area contributed by atoms with Crippen LogP contribution in [0.2, 0.25) is 5.02 Å². The third-order valence-corrected chi connectivity index (χ3v) is 3.42. The van der Waals surface area contributed by atoms with E-state index in [1.54, 1.807) is 6.07 Å². The van der Waals surface area contributed by atoms with Crippen LogP contribution in [0, 0.1) is 5.92 Å². The van der Waals surface area contributed by atoms with Gasteiger partial charge in [-0.25, -0.2) is 0 Å². The number of hydrogen-bond donors (Lipinski definition) is 2. The van der Waals surface area contributed by atoms with Crippen molar-refractivity contribution in [2.24, 2.45) is 11.7 Å². The molecule has 1 unspecified atom stereocenters. The second-order valence-electron chi connectivity index (χ2n) is 4.59. The number of nitrogens with two attached hydrogens (primary N) is 1. The fraction of sp³-hybridized carbons (Fsp3) is 0.500. The van der Waals surface area contributed by atoms with Crippen molar-refractivity contribution in [2.75, 3.05) is 6.54 Å². The molecule has 0 bridgehead atoms. The standard InChI is InChI=1S/C12H18ClN3O/c1-8(2)12(3,7-14)16-11(17)9-4-5-15-6-10(9)13/h4-6,8H,7,14H2,1-3H3,(H,16,17). The van der Waals surface area contributed by atoms with Gasteiger partial charge in [-0.3, -0.25) is 9.78 Å². The van der Waals surface area contributed by atoms with Crippen LogP contribution >= 0.6 is 11.6 Å². The van der Waals surface area contributed by atoms with Gasteiger partial charge in [0, 0.05) is 18.9 Å². The van der Waals surface area contributed by atoms with Crippen LogP contribution < -0.4 is 11.1 Å². The third kappa shape index (κ3) is 3.17. The van der Waals surface area contributed by atoms with Gasteiger partial charge in [-0.15, -0.1) is 0 Å². The molecule has 5 heteroatoms. The molecule has 0 aromatic carbocycles. The molecular weight excluding hydrogens is 238 g/mol. The Hall–Kier alpha value is -1.13. The van der Waals surface area contributed by atoms with Crippen molar-refractivity contribution in [1.82, 2.24) is 10.3 Å². The monoisotopic (exact) mass is 255 g/mol. The van der Waals surface area contributed by atoms with Gasteiger partial charge >= 0.3 is 0 Å². The van der Waals surface area contributed by atoms with Crippen LogP contribution in [-0.2, 0) is 0 Å². The van der Waals surface area contributed by atoms with Crippen LogP contribution in [-0.4, -0.2) is 23.0 Å². The number of amides is 1. The van der Waals surface area contributed by atoms with Crippen molar-refractivity contribution in [3.05, 3.63) is 29.0 Å². The summed E-state index contributed by atoms with van der Waals surface area (Å²) in [5.74, 6) is 0.0103. The van der Waals surface area contributed by atoms with Gasteiger partial charge in [0.2, 0.25) is 0 Å². The van der Waals surface area contributed by atoms with Gasteiger partial charge in [0.1, 0.15) is 0 Å². The van der Waals surface area contributed by atoms with E-state index in [2.05, 4.69) is 10.3 Å². The average Bonchev–Trinajstić information content (AvgIpc) is 2.29. The Kier molecular flexibility index (Phi) is 4.48. The lowest BCUT2D eigenvalue weighted by atomic mass is 9.88. The topological polar surface area (TPSA) is 68.0 Å². The molecule has 0 aliphatic rings. The van der Waals surface area contributed by atoms with Gasteiger partial charge in [-0.2, -0.15) is 0 Å². The van der Waals surface area contributed by atoms with Crippen LogP contribution in [0.25, 0.3) is 0 Å². The highest BCUT2D eigenvalue weighted by atomic mass is 35.5. The van der Waals surface area contributed by atoms with E-state index in [1.807, 2.05) is 20.8 Å². The number of hydrogen-bond acceptors (Lipinski definition) is 3. The molecule has 0 radical (unpaired) electrons. The molecule has 0 saturated heterocycles. The first kappa shape index (κ1) is 13.9. The molecule has 17 heavy (non-hydrogen) atoms. The SMILES string of the molecule is CC(C)C(C)(CN)NC(=O)c1ccncc1Cl. The molecule has 0 aliphatic carbocycles. The first-order chi connectivity index (χ1) is 7.90. The smallest absolute Gasteiger partial charge is 0.253 e. The molecule has 3 N–H and O–H groups in total. The average molecular weight is 256 g/mol. The van der Waals surface area contributed by atoms with E-state index in [1.165, 1.54) is 12.4 Å². The second kappa shape index (κ2) is 5.47. The highest BCUT2D eigenvalue weighted by Crippen LogP contribution is 2.18. The molecule has 1 aromatic heterocycles. The minimum Gasteiger partial charge on any atom is -0.345 e. The molecule has 0 spiro atoms. The molecule has 0 aliphatic heterocycles. The normalized spacial score (nSPS) is 14.5. The number of rotatable bonds is 4. The van der Waals surface area contributed by atoms with Gasteiger partial charge in [-0.05, 0) is 18.9 Å². The lowest BCUT2D eigenvalue weighted by Gasteiger charge is -2.33. The maximum Gasteiger partial charge on any atom is 0.253 e. The lowest BCUT2D eigenvalue weighted by Crippen LogP contribution is -2.55. The molecule has 94 valence electrons. The Morgan fingerprint density at radius 2 is 2.29 bits per heavy atom. The molecule has 0 saturated carbocycles. The number of carbonyl (C=O) groups excluding carboxylic acids is 1. The highest BCUT2D eigenvalue weighted by molar-refractivity contribution is 6.33. The van der Waals surface area contributed by atoms with Gasteiger partial charge in [-0.1, -0.05) is 25.4 Å². The fourth-order valence-electron chi connectivity index (χ4n) is 1.32. The molecular formula is C12H18ClN3O. The minimum absolute atomic E-state index is 0.223. The van der Waals surface area contributed by atoms with Crippen molar-refractivity contribution >= 4 is 17.5 Å². The number of halogens is 1. The first-order valence-corrected chi connectivity index (χ1v) is 5.90. The minimum atomic E-state index is -0.441. The zero-order valence-corrected chi connectivity index (χ0v) is 11.1. The van der Waals surface area contributed by atoms with Crippen molar-refractivity contribution < 1.29 is 4.79 Å². The first-order valence-electron chi connectivity index (χ1n) is 5.53. The van der Waals surface area contributed by atoms with Crippen molar-refractivity contribution in [3.8, 4) is 0 Å². The maximum atomic E-state index is 12.1. The molecule has 0 fully saturated rings. The molecule has 1 atom stereocenters. The summed E-state index contributed by atoms with van der Waals surface area (Å²) >= 11 is 5.92. The molecule has 1 aromatic rings. The largest absolute Gasteiger partial charge is 0.345 e. The van der Waals surface area contributed by atoms with Crippen LogP contribution in [0.3, 0.4) is 0 Å². The molecule has 1 amide bonds. The van der Waals surface area contributed by atoms with E-state index in [-0.39, 0.29) is 11.8 Å². The van der Waals surface area contributed by atoms with Crippen LogP contribution in [0.5, 0.6) is 0 Å². The number of nitrogens with one attached hydrogen (secondary N) is 1. The Balaban J connectivity index is 2.90. The number of aromatic nitrogens is 1. The second-order valence-corrected chi connectivity index (χ2v) is 4.99. The van der Waals surface area contributed by atoms with E-state index in [9.17, 15) is 4.79 Å². The summed E-state index contributed by atoms with van der Waals surface area (Å²) < 4.78 is 0. The van der Waals surface area contributed by atoms with Gasteiger partial charge in [0.15, 0.2) is 0 Å². The summed E-state index contributed by atoms with van der Waals surface area (Å²) in [6, 6.07) is 1.59. The van der Waals surface area contributed by atoms with Gasteiger partial charge in [0.05, 0.1) is 16.1 Å². The fourth-order valence-corrected chi connectivity index (χ4v) is 1.52. The highest BCUT2D eigenvalue weighted by Gasteiger charge is 2.29. The Bertz CT molecular complexity index is 408. The zero-order chi connectivity index (χ0) is 13.1. The summed E-state index contributed by atoms with van der Waals surface area (Å²) in [5, 5.41) is 3.26.